The SMILES string of the molecule is CSCCCS(C)(C[C@H](NC(C)=O)[C@H]1O[C@H](SC)[C@H](OC(C)=O)[C@@H](OC(C)=O)[C@H]1OC(C)=O)OC(C)=O. The van der Waals surface area contributed by atoms with Gasteiger partial charge in [-0.2, -0.15) is 11.8 Å². The molecule has 0 radical (unpaired) electrons. The number of thioether (sulfide) groups is 2. The van der Waals surface area contributed by atoms with Crippen LogP contribution >= 0.6 is 33.8 Å². The molecule has 7 atom stereocenters. The largest absolute Gasteiger partial charge is 0.456 e. The molecule has 1 fully saturated rings. The minimum Gasteiger partial charge on any atom is -0.456 e. The highest BCUT2D eigenvalue weighted by Gasteiger charge is 2.54. The molecule has 0 bridgehead atoms. The summed E-state index contributed by atoms with van der Waals surface area (Å²) >= 11 is 2.88. The van der Waals surface area contributed by atoms with Crippen LogP contribution in [0.4, 0.5) is 0 Å². The van der Waals surface area contributed by atoms with Gasteiger partial charge in [0.25, 0.3) is 0 Å². The average Bonchev–Trinajstić information content (AvgIpc) is 2.74. The Balaban J connectivity index is 3.57. The smallest absolute Gasteiger partial charge is 0.313 e. The molecule has 14 heteroatoms. The lowest BCUT2D eigenvalue weighted by molar-refractivity contribution is -0.234. The van der Waals surface area contributed by atoms with Gasteiger partial charge in [-0.1, -0.05) is 10.3 Å². The number of nitrogens with one attached hydrogen (secondary N) is 1. The van der Waals surface area contributed by atoms with Crippen molar-refractivity contribution in [2.45, 2.75) is 76.9 Å². The third kappa shape index (κ3) is 11.3. The van der Waals surface area contributed by atoms with E-state index in [1.807, 2.05) is 12.5 Å². The fourth-order valence-electron chi connectivity index (χ4n) is 4.13. The highest BCUT2D eigenvalue weighted by molar-refractivity contribution is 8.29. The Labute approximate surface area is 228 Å². The Morgan fingerprint density at radius 2 is 1.41 bits per heavy atom. The van der Waals surface area contributed by atoms with Crippen molar-refractivity contribution in [1.82, 2.24) is 5.32 Å². The first-order chi connectivity index (χ1) is 17.2. The van der Waals surface area contributed by atoms with Crippen LogP contribution in [0.15, 0.2) is 0 Å². The van der Waals surface area contributed by atoms with Crippen molar-refractivity contribution in [1.29, 1.82) is 0 Å². The highest BCUT2D eigenvalue weighted by Crippen LogP contribution is 2.48. The zero-order valence-corrected chi connectivity index (χ0v) is 25.0. The predicted octanol–water partition coefficient (Wildman–Crippen LogP) is 2.04. The molecule has 0 aliphatic carbocycles. The number of carbonyl (C=O) groups is 5. The van der Waals surface area contributed by atoms with E-state index in [1.165, 1.54) is 46.4 Å². The second-order valence-electron chi connectivity index (χ2n) is 8.71. The van der Waals surface area contributed by atoms with Gasteiger partial charge in [0, 0.05) is 46.1 Å². The summed E-state index contributed by atoms with van der Waals surface area (Å²) in [5, 5.41) is 2.86. The van der Waals surface area contributed by atoms with E-state index in [0.717, 1.165) is 12.2 Å². The molecule has 1 aliphatic rings. The number of amides is 1. The van der Waals surface area contributed by atoms with Crippen LogP contribution in [-0.2, 0) is 47.1 Å². The Morgan fingerprint density at radius 3 is 1.86 bits per heavy atom. The maximum Gasteiger partial charge on any atom is 0.313 e. The Morgan fingerprint density at radius 1 is 0.865 bits per heavy atom. The maximum absolute atomic E-state index is 12.3. The molecule has 0 aromatic heterocycles. The van der Waals surface area contributed by atoms with Gasteiger partial charge in [0.1, 0.15) is 11.5 Å². The highest BCUT2D eigenvalue weighted by atomic mass is 32.3. The van der Waals surface area contributed by atoms with Gasteiger partial charge in [-0.15, -0.1) is 11.8 Å². The van der Waals surface area contributed by atoms with Crippen molar-refractivity contribution >= 4 is 63.6 Å². The molecule has 0 saturated carbocycles. The minimum atomic E-state index is -2.05. The third-order valence-electron chi connectivity index (χ3n) is 5.23. The van der Waals surface area contributed by atoms with Gasteiger partial charge in [0.15, 0.2) is 18.3 Å². The van der Waals surface area contributed by atoms with Gasteiger partial charge < -0.3 is 28.4 Å². The number of hydrogen-bond donors (Lipinski definition) is 1. The van der Waals surface area contributed by atoms with Gasteiger partial charge in [-0.25, -0.2) is 0 Å². The topological polar surface area (TPSA) is 144 Å². The molecule has 1 heterocycles. The van der Waals surface area contributed by atoms with E-state index in [4.69, 9.17) is 23.1 Å². The van der Waals surface area contributed by atoms with Gasteiger partial charge in [0.2, 0.25) is 5.91 Å². The van der Waals surface area contributed by atoms with E-state index in [9.17, 15) is 24.0 Å². The molecule has 0 spiro atoms. The number of ether oxygens (including phenoxy) is 4. The van der Waals surface area contributed by atoms with E-state index in [2.05, 4.69) is 5.32 Å². The van der Waals surface area contributed by atoms with Crippen molar-refractivity contribution in [3.05, 3.63) is 0 Å². The normalized spacial score (nSPS) is 26.5. The molecule has 1 rings (SSSR count). The number of rotatable bonds is 13. The van der Waals surface area contributed by atoms with E-state index < -0.39 is 70.1 Å². The molecule has 1 aliphatic heterocycles. The van der Waals surface area contributed by atoms with Gasteiger partial charge in [-0.05, 0) is 30.9 Å². The molecule has 214 valence electrons. The molecule has 1 N–H and O–H groups in total. The summed E-state index contributed by atoms with van der Waals surface area (Å²) in [5.41, 5.74) is -0.812. The van der Waals surface area contributed by atoms with E-state index in [0.29, 0.717) is 5.75 Å². The van der Waals surface area contributed by atoms with E-state index in [-0.39, 0.29) is 11.7 Å². The van der Waals surface area contributed by atoms with Crippen LogP contribution in [0.3, 0.4) is 0 Å². The zero-order valence-electron chi connectivity index (χ0n) is 22.6. The standard InChI is InChI=1S/C23H39NO10S3/c1-13(25)24-18(12-37(8,34-17(5)29)11-9-10-35-6)19-20(30-14(2)26)21(31-15(3)27)22(32-16(4)28)23(33-19)36-7/h18-23H,9-12H2,1-8H3,(H,24,25)/t18-,19+,20-,21-,22+,23+/m0/s1. The summed E-state index contributed by atoms with van der Waals surface area (Å²) in [7, 11) is -2.05. The molecule has 1 amide bonds. The van der Waals surface area contributed by atoms with Crippen molar-refractivity contribution in [3.8, 4) is 0 Å². The first kappa shape index (κ1) is 33.4. The molecule has 37 heavy (non-hydrogen) atoms. The number of esters is 3. The van der Waals surface area contributed by atoms with Crippen LogP contribution in [0.2, 0.25) is 0 Å². The van der Waals surface area contributed by atoms with E-state index in [1.54, 1.807) is 18.0 Å². The fraction of sp³-hybridized carbons (Fsp3) is 0.783. The quantitative estimate of drug-likeness (QED) is 0.192. The summed E-state index contributed by atoms with van der Waals surface area (Å²) < 4.78 is 28.6. The van der Waals surface area contributed by atoms with Crippen molar-refractivity contribution in [2.24, 2.45) is 0 Å². The van der Waals surface area contributed by atoms with Crippen LogP contribution in [0.1, 0.15) is 41.0 Å². The third-order valence-corrected chi connectivity index (χ3v) is 9.62. The molecule has 11 nitrogen and oxygen atoms in total. The number of carbonyl (C=O) groups excluding carboxylic acids is 5. The number of hydrogen-bond acceptors (Lipinski definition) is 12. The molecule has 0 aromatic rings. The lowest BCUT2D eigenvalue weighted by atomic mass is 9.94. The first-order valence-electron chi connectivity index (χ1n) is 11.6. The Bertz CT molecular complexity index is 829. The molecule has 1 unspecified atom stereocenters. The zero-order chi connectivity index (χ0) is 28.3. The van der Waals surface area contributed by atoms with E-state index >= 15 is 0 Å². The summed E-state index contributed by atoms with van der Waals surface area (Å²) in [6, 6.07) is -0.790. The predicted molar refractivity (Wildman–Crippen MR) is 144 cm³/mol. The Kier molecular flexibility index (Phi) is 14.2. The fourth-order valence-corrected chi connectivity index (χ4v) is 8.13. The lowest BCUT2D eigenvalue weighted by Crippen LogP contribution is -2.66. The minimum absolute atomic E-state index is 0.203. The van der Waals surface area contributed by atoms with Crippen LogP contribution in [0, 0.1) is 0 Å². The van der Waals surface area contributed by atoms with Gasteiger partial charge in [0.05, 0.1) is 6.04 Å². The summed E-state index contributed by atoms with van der Waals surface area (Å²) in [6.07, 6.45) is 1.82. The average molecular weight is 586 g/mol. The van der Waals surface area contributed by atoms with Gasteiger partial charge >= 0.3 is 23.9 Å². The Hall–Kier alpha value is -1.64. The van der Waals surface area contributed by atoms with Crippen LogP contribution in [0.5, 0.6) is 0 Å². The monoisotopic (exact) mass is 585 g/mol. The van der Waals surface area contributed by atoms with Crippen LogP contribution < -0.4 is 5.32 Å². The van der Waals surface area contributed by atoms with Crippen molar-refractivity contribution in [3.63, 3.8) is 0 Å². The molecule has 1 saturated heterocycles. The summed E-state index contributed by atoms with van der Waals surface area (Å²) in [5.74, 6) is -1.17. The second kappa shape index (κ2) is 15.7. The van der Waals surface area contributed by atoms with Crippen LogP contribution in [-0.4, -0.2) is 102 Å². The molecule has 0 aromatic carbocycles. The van der Waals surface area contributed by atoms with Crippen LogP contribution in [0.25, 0.3) is 0 Å². The second-order valence-corrected chi connectivity index (χ2v) is 13.9. The molecular weight excluding hydrogens is 546 g/mol. The van der Waals surface area contributed by atoms with Gasteiger partial charge in [-0.3, -0.25) is 24.0 Å². The summed E-state index contributed by atoms with van der Waals surface area (Å²) in [6.45, 7) is 6.24. The summed E-state index contributed by atoms with van der Waals surface area (Å²) in [4.78, 5) is 60.3. The lowest BCUT2D eigenvalue weighted by Gasteiger charge is -2.48. The molecular formula is C23H39NO10S3. The maximum atomic E-state index is 12.3. The van der Waals surface area contributed by atoms with Crippen molar-refractivity contribution in [2.75, 3.05) is 36.0 Å². The van der Waals surface area contributed by atoms with Crippen molar-refractivity contribution < 1.29 is 47.1 Å². The first-order valence-corrected chi connectivity index (χ1v) is 16.6.